The average molecular weight is 368 g/mol. The lowest BCUT2D eigenvalue weighted by molar-refractivity contribution is -0.384. The molecule has 3 N–H and O–H groups in total. The maximum Gasteiger partial charge on any atom is 0.271 e. The van der Waals surface area contributed by atoms with Gasteiger partial charge in [-0.25, -0.2) is 4.98 Å². The lowest BCUT2D eigenvalue weighted by Gasteiger charge is -2.18. The summed E-state index contributed by atoms with van der Waals surface area (Å²) in [4.78, 5) is 21.9. The maximum absolute atomic E-state index is 11.0. The summed E-state index contributed by atoms with van der Waals surface area (Å²) in [5.41, 5.74) is 1.50. The van der Waals surface area contributed by atoms with Crippen LogP contribution < -0.4 is 15.4 Å². The third kappa shape index (κ3) is 4.08. The second-order valence-corrected chi connectivity index (χ2v) is 6.05. The topological polar surface area (TPSA) is 110 Å². The molecule has 3 aromatic rings. The second-order valence-electron chi connectivity index (χ2n) is 5.35. The van der Waals surface area contributed by atoms with Crippen molar-refractivity contribution in [2.75, 3.05) is 17.3 Å². The first-order chi connectivity index (χ1) is 12.6. The number of rotatable bonds is 6. The average Bonchev–Trinajstić information content (AvgIpc) is 2.68. The first-order valence-corrected chi connectivity index (χ1v) is 8.50. The van der Waals surface area contributed by atoms with Gasteiger partial charge in [-0.3, -0.25) is 15.3 Å². The number of nitro benzene ring substituents is 1. The molecule has 1 heterocycles. The third-order valence-corrected chi connectivity index (χ3v) is 4.16. The number of nitrogens with one attached hydrogen (secondary N) is 1. The fourth-order valence-electron chi connectivity index (χ4n) is 2.32. The summed E-state index contributed by atoms with van der Waals surface area (Å²) in [7, 11) is 1.79. The van der Waals surface area contributed by atoms with Crippen molar-refractivity contribution in [3.05, 3.63) is 70.9 Å². The molecule has 2 aromatic carbocycles. The Morgan fingerprint density at radius 3 is 2.77 bits per heavy atom. The van der Waals surface area contributed by atoms with Crippen LogP contribution in [0.2, 0.25) is 0 Å². The molecule has 26 heavy (non-hydrogen) atoms. The number of nitro groups is 1. The number of benzene rings is 2. The Bertz CT molecular complexity index is 936. The van der Waals surface area contributed by atoms with E-state index in [-0.39, 0.29) is 5.69 Å². The number of non-ortho nitro benzene ring substituents is 1. The molecule has 132 valence electrons. The van der Waals surface area contributed by atoms with Gasteiger partial charge in [0.2, 0.25) is 5.95 Å². The van der Waals surface area contributed by atoms with Gasteiger partial charge in [-0.15, -0.1) is 0 Å². The molecule has 8 nitrogen and oxygen atoms in total. The van der Waals surface area contributed by atoms with E-state index in [1.165, 1.54) is 12.1 Å². The summed E-state index contributed by atoms with van der Waals surface area (Å²) in [6, 6.07) is 15.7. The molecule has 0 radical (unpaired) electrons. The summed E-state index contributed by atoms with van der Waals surface area (Å²) in [5.74, 6) is 1.02. The van der Waals surface area contributed by atoms with Crippen molar-refractivity contribution in [3.63, 3.8) is 0 Å². The highest BCUT2D eigenvalue weighted by molar-refractivity contribution is 7.97. The molecule has 0 aliphatic rings. The fraction of sp³-hybridized carbons (Fsp3) is 0.0588. The van der Waals surface area contributed by atoms with Crippen LogP contribution in [0.4, 0.5) is 28.8 Å². The van der Waals surface area contributed by atoms with E-state index in [9.17, 15) is 10.1 Å². The monoisotopic (exact) mass is 368 g/mol. The van der Waals surface area contributed by atoms with Gasteiger partial charge in [0.05, 0.1) is 4.92 Å². The van der Waals surface area contributed by atoms with Crippen molar-refractivity contribution in [1.82, 2.24) is 9.97 Å². The van der Waals surface area contributed by atoms with Gasteiger partial charge in [-0.1, -0.05) is 12.1 Å². The number of nitrogens with zero attached hydrogens (tertiary/aromatic N) is 4. The summed E-state index contributed by atoms with van der Waals surface area (Å²) in [6.45, 7) is 0. The van der Waals surface area contributed by atoms with E-state index in [1.54, 1.807) is 36.3 Å². The molecule has 0 unspecified atom stereocenters. The van der Waals surface area contributed by atoms with Gasteiger partial charge >= 0.3 is 0 Å². The number of aromatic nitrogens is 2. The van der Waals surface area contributed by atoms with Crippen LogP contribution in [0, 0.1) is 10.1 Å². The van der Waals surface area contributed by atoms with Crippen LogP contribution in [0.15, 0.2) is 65.7 Å². The number of nitrogens with two attached hydrogens (primary N) is 1. The zero-order valence-corrected chi connectivity index (χ0v) is 14.7. The minimum absolute atomic E-state index is 0.0258. The molecule has 9 heteroatoms. The number of anilines is 4. The largest absolute Gasteiger partial charge is 0.329 e. The zero-order chi connectivity index (χ0) is 18.5. The van der Waals surface area contributed by atoms with E-state index >= 15 is 0 Å². The first kappa shape index (κ1) is 17.6. The molecule has 1 aromatic heterocycles. The Morgan fingerprint density at radius 2 is 2.00 bits per heavy atom. The van der Waals surface area contributed by atoms with Gasteiger partial charge in [0.1, 0.15) is 5.82 Å². The highest BCUT2D eigenvalue weighted by Gasteiger charge is 2.11. The quantitative estimate of drug-likeness (QED) is 0.383. The predicted molar refractivity (Wildman–Crippen MR) is 103 cm³/mol. The number of hydrogen-bond donors (Lipinski definition) is 2. The lowest BCUT2D eigenvalue weighted by atomic mass is 10.2. The zero-order valence-electron chi connectivity index (χ0n) is 13.9. The standard InChI is InChI=1S/C17H16N6O2S/c1-22(13-5-3-6-14(11-13)23(24)25)16-8-9-19-17(21-16)20-12-4-2-7-15(10-12)26-18/h2-11H,18H2,1H3,(H,19,20,21). The van der Waals surface area contributed by atoms with Gasteiger partial charge in [-0.2, -0.15) is 4.98 Å². The predicted octanol–water partition coefficient (Wildman–Crippen LogP) is 3.86. The smallest absolute Gasteiger partial charge is 0.271 e. The Morgan fingerprint density at radius 1 is 1.19 bits per heavy atom. The fourth-order valence-corrected chi connectivity index (χ4v) is 2.67. The van der Waals surface area contributed by atoms with E-state index in [1.807, 2.05) is 24.3 Å². The molecule has 0 aliphatic carbocycles. The molecule has 0 amide bonds. The van der Waals surface area contributed by atoms with Crippen molar-refractivity contribution >= 4 is 40.8 Å². The highest BCUT2D eigenvalue weighted by atomic mass is 32.2. The van der Waals surface area contributed by atoms with Crippen LogP contribution >= 0.6 is 11.9 Å². The van der Waals surface area contributed by atoms with Crippen LogP contribution in [0.25, 0.3) is 0 Å². The van der Waals surface area contributed by atoms with E-state index in [2.05, 4.69) is 15.3 Å². The molecule has 0 bridgehead atoms. The second kappa shape index (κ2) is 7.81. The third-order valence-electron chi connectivity index (χ3n) is 3.64. The normalized spacial score (nSPS) is 10.4. The minimum Gasteiger partial charge on any atom is -0.329 e. The van der Waals surface area contributed by atoms with Crippen molar-refractivity contribution in [2.24, 2.45) is 5.14 Å². The first-order valence-electron chi connectivity index (χ1n) is 7.62. The van der Waals surface area contributed by atoms with Crippen molar-refractivity contribution in [2.45, 2.75) is 4.90 Å². The van der Waals surface area contributed by atoms with Gasteiger partial charge in [0, 0.05) is 41.6 Å². The molecule has 0 spiro atoms. The van der Waals surface area contributed by atoms with Crippen molar-refractivity contribution in [1.29, 1.82) is 0 Å². The summed E-state index contributed by atoms with van der Waals surface area (Å²) in [5, 5.41) is 19.7. The SMILES string of the molecule is CN(c1cccc([N+](=O)[O-])c1)c1ccnc(Nc2cccc(SN)c2)n1. The van der Waals surface area contributed by atoms with Crippen LogP contribution in [0.3, 0.4) is 0 Å². The molecular formula is C17H16N6O2S. The number of hydrogen-bond acceptors (Lipinski definition) is 8. The van der Waals surface area contributed by atoms with E-state index in [0.717, 1.165) is 22.5 Å². The summed E-state index contributed by atoms with van der Waals surface area (Å²) >= 11 is 1.16. The maximum atomic E-state index is 11.0. The Labute approximate surface area is 154 Å². The molecule has 0 aliphatic heterocycles. The van der Waals surface area contributed by atoms with E-state index in [4.69, 9.17) is 5.14 Å². The lowest BCUT2D eigenvalue weighted by Crippen LogP contribution is -2.12. The van der Waals surface area contributed by atoms with Gasteiger partial charge < -0.3 is 10.2 Å². The van der Waals surface area contributed by atoms with Gasteiger partial charge in [0.25, 0.3) is 5.69 Å². The van der Waals surface area contributed by atoms with Crippen LogP contribution in [0.1, 0.15) is 0 Å². The highest BCUT2D eigenvalue weighted by Crippen LogP contribution is 2.26. The Kier molecular flexibility index (Phi) is 5.30. The molecule has 0 fully saturated rings. The summed E-state index contributed by atoms with van der Waals surface area (Å²) < 4.78 is 0. The van der Waals surface area contributed by atoms with Crippen molar-refractivity contribution in [3.8, 4) is 0 Å². The molecule has 0 saturated carbocycles. The van der Waals surface area contributed by atoms with Gasteiger partial charge in [0.15, 0.2) is 0 Å². The summed E-state index contributed by atoms with van der Waals surface area (Å²) in [6.07, 6.45) is 1.63. The van der Waals surface area contributed by atoms with Crippen LogP contribution in [-0.4, -0.2) is 21.9 Å². The van der Waals surface area contributed by atoms with E-state index in [0.29, 0.717) is 17.5 Å². The van der Waals surface area contributed by atoms with E-state index < -0.39 is 4.92 Å². The van der Waals surface area contributed by atoms with Crippen LogP contribution in [-0.2, 0) is 0 Å². The minimum atomic E-state index is -0.424. The molecule has 3 rings (SSSR count). The Balaban J connectivity index is 1.84. The Hall–Kier alpha value is -3.17. The van der Waals surface area contributed by atoms with Crippen molar-refractivity contribution < 1.29 is 4.92 Å². The molecule has 0 saturated heterocycles. The molecular weight excluding hydrogens is 352 g/mol. The van der Waals surface area contributed by atoms with Crippen LogP contribution in [0.5, 0.6) is 0 Å². The van der Waals surface area contributed by atoms with Gasteiger partial charge in [-0.05, 0) is 42.3 Å². The molecule has 0 atom stereocenters.